The molecule has 3 heterocycles. The summed E-state index contributed by atoms with van der Waals surface area (Å²) in [5.74, 6) is 1.07. The first-order chi connectivity index (χ1) is 13.2. The number of thioether (sulfide) groups is 1. The molecule has 28 heavy (non-hydrogen) atoms. The fraction of sp³-hybridized carbons (Fsp3) is 0.700. The van der Waals surface area contributed by atoms with E-state index in [-0.39, 0.29) is 11.3 Å². The van der Waals surface area contributed by atoms with Crippen LogP contribution in [0.3, 0.4) is 0 Å². The second kappa shape index (κ2) is 8.68. The minimum absolute atomic E-state index is 0.0106. The van der Waals surface area contributed by atoms with E-state index in [0.29, 0.717) is 24.8 Å². The number of carbonyl (C=O) groups excluding carboxylic acids is 1. The minimum atomic E-state index is -0.0106. The molecule has 1 N–H and O–H groups in total. The van der Waals surface area contributed by atoms with Crippen LogP contribution in [0.4, 0.5) is 5.82 Å². The number of anilines is 1. The van der Waals surface area contributed by atoms with Crippen LogP contribution in [-0.2, 0) is 11.3 Å². The predicted octanol–water partition coefficient (Wildman–Crippen LogP) is 3.48. The summed E-state index contributed by atoms with van der Waals surface area (Å²) in [4.78, 5) is 24.0. The molecule has 2 aromatic heterocycles. The first kappa shape index (κ1) is 20.9. The molecule has 1 fully saturated rings. The highest BCUT2D eigenvalue weighted by atomic mass is 32.2. The van der Waals surface area contributed by atoms with Crippen LogP contribution in [-0.4, -0.2) is 50.5 Å². The predicted molar refractivity (Wildman–Crippen MR) is 115 cm³/mol. The zero-order valence-corrected chi connectivity index (χ0v) is 18.5. The lowest BCUT2D eigenvalue weighted by molar-refractivity contribution is -0.122. The topological polar surface area (TPSA) is 75.9 Å². The highest BCUT2D eigenvalue weighted by Crippen LogP contribution is 2.30. The van der Waals surface area contributed by atoms with Crippen molar-refractivity contribution in [3.63, 3.8) is 0 Å². The highest BCUT2D eigenvalue weighted by Gasteiger charge is 2.21. The van der Waals surface area contributed by atoms with Gasteiger partial charge in [0.15, 0.2) is 10.8 Å². The first-order valence-electron chi connectivity index (χ1n) is 10.1. The quantitative estimate of drug-likeness (QED) is 0.562. The van der Waals surface area contributed by atoms with Gasteiger partial charge in [0.05, 0.1) is 18.1 Å². The molecular weight excluding hydrogens is 372 g/mol. The number of amides is 1. The molecule has 0 bridgehead atoms. The fourth-order valence-electron chi connectivity index (χ4n) is 3.36. The second-order valence-corrected chi connectivity index (χ2v) is 10.4. The van der Waals surface area contributed by atoms with Crippen molar-refractivity contribution in [3.8, 4) is 0 Å². The molecule has 154 valence electrons. The van der Waals surface area contributed by atoms with Gasteiger partial charge in [-0.25, -0.2) is 14.6 Å². The van der Waals surface area contributed by atoms with Crippen LogP contribution >= 0.6 is 11.8 Å². The fourth-order valence-corrected chi connectivity index (χ4v) is 4.06. The van der Waals surface area contributed by atoms with Crippen molar-refractivity contribution in [3.05, 3.63) is 6.20 Å². The summed E-state index contributed by atoms with van der Waals surface area (Å²) in [6.07, 6.45) is 4.78. The van der Waals surface area contributed by atoms with Crippen LogP contribution < -0.4 is 10.2 Å². The Morgan fingerprint density at radius 3 is 2.61 bits per heavy atom. The van der Waals surface area contributed by atoms with Crippen molar-refractivity contribution in [1.29, 1.82) is 0 Å². The number of rotatable bonds is 7. The Hall–Kier alpha value is -1.83. The molecule has 1 aliphatic heterocycles. The van der Waals surface area contributed by atoms with E-state index in [1.54, 1.807) is 11.8 Å². The van der Waals surface area contributed by atoms with Crippen LogP contribution in [0.1, 0.15) is 53.9 Å². The van der Waals surface area contributed by atoms with Gasteiger partial charge < -0.3 is 10.2 Å². The molecule has 0 aliphatic carbocycles. The summed E-state index contributed by atoms with van der Waals surface area (Å²) in [5, 5.41) is 9.75. The standard InChI is InChI=1S/C20H32N6OS/c1-14(2)28-19-23-17(25-9-6-7-10-25)15-13-22-26(18(15)24-19)11-8-21-16(27)12-20(3,4)5/h13-14H,6-12H2,1-5H3,(H,21,27). The van der Waals surface area contributed by atoms with Crippen molar-refractivity contribution in [2.24, 2.45) is 5.41 Å². The molecule has 0 radical (unpaired) electrons. The number of carbonyl (C=O) groups is 1. The number of aromatic nitrogens is 4. The third-order valence-corrected chi connectivity index (χ3v) is 5.40. The van der Waals surface area contributed by atoms with Crippen molar-refractivity contribution in [2.75, 3.05) is 24.5 Å². The van der Waals surface area contributed by atoms with Gasteiger partial charge in [0.1, 0.15) is 5.82 Å². The molecule has 2 aromatic rings. The Kier molecular flexibility index (Phi) is 6.47. The van der Waals surface area contributed by atoms with Crippen molar-refractivity contribution in [2.45, 2.75) is 70.8 Å². The second-order valence-electron chi connectivity index (χ2n) is 8.88. The van der Waals surface area contributed by atoms with E-state index in [0.717, 1.165) is 35.1 Å². The van der Waals surface area contributed by atoms with Gasteiger partial charge in [0.2, 0.25) is 5.91 Å². The summed E-state index contributed by atoms with van der Waals surface area (Å²) >= 11 is 1.67. The zero-order valence-electron chi connectivity index (χ0n) is 17.7. The van der Waals surface area contributed by atoms with E-state index in [2.05, 4.69) is 49.9 Å². The molecule has 0 unspecified atom stereocenters. The van der Waals surface area contributed by atoms with Crippen LogP contribution in [0.2, 0.25) is 0 Å². The average Bonchev–Trinajstić information content (AvgIpc) is 3.22. The highest BCUT2D eigenvalue weighted by molar-refractivity contribution is 7.99. The normalized spacial score (nSPS) is 15.0. The van der Waals surface area contributed by atoms with E-state index in [1.165, 1.54) is 12.8 Å². The Morgan fingerprint density at radius 2 is 1.96 bits per heavy atom. The van der Waals surface area contributed by atoms with Gasteiger partial charge in [0, 0.05) is 31.3 Å². The Labute approximate surface area is 171 Å². The van der Waals surface area contributed by atoms with Crippen LogP contribution in [0, 0.1) is 5.41 Å². The first-order valence-corrected chi connectivity index (χ1v) is 11.0. The average molecular weight is 405 g/mol. The summed E-state index contributed by atoms with van der Waals surface area (Å²) < 4.78 is 1.89. The summed E-state index contributed by atoms with van der Waals surface area (Å²) in [6, 6.07) is 0. The molecule has 1 amide bonds. The van der Waals surface area contributed by atoms with Gasteiger partial charge in [-0.1, -0.05) is 46.4 Å². The largest absolute Gasteiger partial charge is 0.356 e. The number of hydrogen-bond donors (Lipinski definition) is 1. The van der Waals surface area contributed by atoms with Gasteiger partial charge in [-0.15, -0.1) is 0 Å². The molecular formula is C20H32N6OS. The molecule has 0 atom stereocenters. The molecule has 0 aromatic carbocycles. The van der Waals surface area contributed by atoms with E-state index in [9.17, 15) is 4.79 Å². The Balaban J connectivity index is 1.79. The maximum Gasteiger partial charge on any atom is 0.220 e. The summed E-state index contributed by atoms with van der Waals surface area (Å²) in [5.41, 5.74) is 0.841. The van der Waals surface area contributed by atoms with Crippen molar-refractivity contribution in [1.82, 2.24) is 25.1 Å². The van der Waals surface area contributed by atoms with Gasteiger partial charge >= 0.3 is 0 Å². The van der Waals surface area contributed by atoms with Gasteiger partial charge in [-0.05, 0) is 18.3 Å². The van der Waals surface area contributed by atoms with Gasteiger partial charge in [-0.2, -0.15) is 5.10 Å². The van der Waals surface area contributed by atoms with Crippen LogP contribution in [0.5, 0.6) is 0 Å². The van der Waals surface area contributed by atoms with E-state index >= 15 is 0 Å². The molecule has 0 spiro atoms. The summed E-state index contributed by atoms with van der Waals surface area (Å²) in [6.45, 7) is 13.7. The molecule has 7 nitrogen and oxygen atoms in total. The maximum absolute atomic E-state index is 12.1. The zero-order chi connectivity index (χ0) is 20.3. The maximum atomic E-state index is 12.1. The third-order valence-electron chi connectivity index (χ3n) is 4.54. The van der Waals surface area contributed by atoms with Gasteiger partial charge in [0.25, 0.3) is 0 Å². The lowest BCUT2D eigenvalue weighted by Crippen LogP contribution is -2.30. The number of nitrogens with one attached hydrogen (secondary N) is 1. The van der Waals surface area contributed by atoms with Crippen LogP contribution in [0.25, 0.3) is 11.0 Å². The molecule has 3 rings (SSSR count). The Bertz CT molecular complexity index is 820. The molecule has 1 aliphatic rings. The van der Waals surface area contributed by atoms with Gasteiger partial charge in [-0.3, -0.25) is 4.79 Å². The van der Waals surface area contributed by atoms with E-state index in [1.807, 2.05) is 10.9 Å². The van der Waals surface area contributed by atoms with Crippen molar-refractivity contribution >= 4 is 34.5 Å². The SMILES string of the molecule is CC(C)Sc1nc(N2CCCC2)c2cnn(CCNC(=O)CC(C)(C)C)c2n1. The molecule has 8 heteroatoms. The lowest BCUT2D eigenvalue weighted by atomic mass is 9.92. The van der Waals surface area contributed by atoms with Crippen LogP contribution in [0.15, 0.2) is 11.4 Å². The van der Waals surface area contributed by atoms with E-state index in [4.69, 9.17) is 9.97 Å². The lowest BCUT2D eigenvalue weighted by Gasteiger charge is -2.18. The van der Waals surface area contributed by atoms with E-state index < -0.39 is 0 Å². The third kappa shape index (κ3) is 5.37. The smallest absolute Gasteiger partial charge is 0.220 e. The minimum Gasteiger partial charge on any atom is -0.356 e. The monoisotopic (exact) mass is 404 g/mol. The number of hydrogen-bond acceptors (Lipinski definition) is 6. The van der Waals surface area contributed by atoms with Crippen molar-refractivity contribution < 1.29 is 4.79 Å². The Morgan fingerprint density at radius 1 is 1.25 bits per heavy atom. The number of nitrogens with zero attached hydrogens (tertiary/aromatic N) is 5. The summed E-state index contributed by atoms with van der Waals surface area (Å²) in [7, 11) is 0. The number of fused-ring (bicyclic) bond motifs is 1. The molecule has 0 saturated carbocycles. The molecule has 1 saturated heterocycles.